The number of aromatic nitrogens is 1. The minimum Gasteiger partial charge on any atom is -0.310 e. The number of carbonyl (C=O) groups is 1. The molecule has 0 bridgehead atoms. The molecule has 23 heavy (non-hydrogen) atoms. The van der Waals surface area contributed by atoms with Crippen LogP contribution in [0.3, 0.4) is 0 Å². The zero-order valence-electron chi connectivity index (χ0n) is 13.1. The smallest absolute Gasteiger partial charge is 0.234 e. The Bertz CT molecular complexity index is 673. The van der Waals surface area contributed by atoms with Crippen molar-refractivity contribution in [3.63, 3.8) is 0 Å². The van der Waals surface area contributed by atoms with E-state index in [0.29, 0.717) is 5.91 Å². The molecule has 2 aromatic heterocycles. The molecular weight excluding hydrogens is 306 g/mol. The Hall–Kier alpha value is -1.72. The van der Waals surface area contributed by atoms with Gasteiger partial charge in [-0.25, -0.2) is 0 Å². The highest BCUT2D eigenvalue weighted by Crippen LogP contribution is 2.42. The number of piperidine rings is 1. The molecule has 4 nitrogen and oxygen atoms in total. The van der Waals surface area contributed by atoms with Crippen LogP contribution in [0.1, 0.15) is 24.1 Å². The summed E-state index contributed by atoms with van der Waals surface area (Å²) in [4.78, 5) is 23.0. The Balaban J connectivity index is 1.51. The highest BCUT2D eigenvalue weighted by atomic mass is 32.1. The highest BCUT2D eigenvalue weighted by molar-refractivity contribution is 7.09. The third kappa shape index (κ3) is 2.79. The van der Waals surface area contributed by atoms with Crippen LogP contribution >= 0.6 is 11.3 Å². The average Bonchev–Trinajstić information content (AvgIpc) is 3.19. The molecule has 5 heteroatoms. The predicted molar refractivity (Wildman–Crippen MR) is 92.5 cm³/mol. The van der Waals surface area contributed by atoms with Crippen molar-refractivity contribution >= 4 is 22.9 Å². The summed E-state index contributed by atoms with van der Waals surface area (Å²) in [5.41, 5.74) is 0.746. The average molecular weight is 327 g/mol. The SMILES string of the molecule is O=C1N(c2cccnc2)CCC12CCCN(Cc1cccs1)C2. The van der Waals surface area contributed by atoms with Gasteiger partial charge in [-0.05, 0) is 49.4 Å². The van der Waals surface area contributed by atoms with E-state index >= 15 is 0 Å². The van der Waals surface area contributed by atoms with Crippen molar-refractivity contribution in [2.24, 2.45) is 5.41 Å². The number of carbonyl (C=O) groups excluding carboxylic acids is 1. The molecule has 0 aromatic carbocycles. The maximum atomic E-state index is 13.1. The number of amides is 1. The molecule has 2 fully saturated rings. The number of hydrogen-bond acceptors (Lipinski definition) is 4. The van der Waals surface area contributed by atoms with Crippen LogP contribution in [0.2, 0.25) is 0 Å². The predicted octanol–water partition coefficient (Wildman–Crippen LogP) is 3.16. The van der Waals surface area contributed by atoms with Crippen LogP contribution in [0.5, 0.6) is 0 Å². The maximum absolute atomic E-state index is 13.1. The summed E-state index contributed by atoms with van der Waals surface area (Å²) in [6.45, 7) is 3.78. The van der Waals surface area contributed by atoms with Gasteiger partial charge in [0, 0.05) is 30.7 Å². The first kappa shape index (κ1) is 14.8. The molecule has 2 aliphatic heterocycles. The quantitative estimate of drug-likeness (QED) is 0.869. The fourth-order valence-electron chi connectivity index (χ4n) is 3.94. The van der Waals surface area contributed by atoms with Gasteiger partial charge in [-0.15, -0.1) is 11.3 Å². The lowest BCUT2D eigenvalue weighted by Gasteiger charge is -2.38. The van der Waals surface area contributed by atoms with Gasteiger partial charge in [-0.2, -0.15) is 0 Å². The lowest BCUT2D eigenvalue weighted by Crippen LogP contribution is -2.47. The van der Waals surface area contributed by atoms with Gasteiger partial charge in [0.05, 0.1) is 17.3 Å². The Morgan fingerprint density at radius 1 is 1.22 bits per heavy atom. The molecule has 1 unspecified atom stereocenters. The Morgan fingerprint density at radius 2 is 2.17 bits per heavy atom. The van der Waals surface area contributed by atoms with Crippen molar-refractivity contribution < 1.29 is 4.79 Å². The van der Waals surface area contributed by atoms with Crippen molar-refractivity contribution in [2.75, 3.05) is 24.5 Å². The van der Waals surface area contributed by atoms with Gasteiger partial charge in [0.1, 0.15) is 0 Å². The Labute approximate surface area is 140 Å². The van der Waals surface area contributed by atoms with Crippen molar-refractivity contribution in [3.05, 3.63) is 46.9 Å². The van der Waals surface area contributed by atoms with Gasteiger partial charge in [0.15, 0.2) is 0 Å². The first-order valence-electron chi connectivity index (χ1n) is 8.24. The second kappa shape index (κ2) is 6.06. The van der Waals surface area contributed by atoms with Gasteiger partial charge in [0.25, 0.3) is 0 Å². The van der Waals surface area contributed by atoms with Crippen molar-refractivity contribution in [1.29, 1.82) is 0 Å². The Kier molecular flexibility index (Phi) is 3.91. The van der Waals surface area contributed by atoms with Crippen LogP contribution in [0.15, 0.2) is 42.0 Å². The second-order valence-electron chi connectivity index (χ2n) is 6.59. The zero-order chi connectivity index (χ0) is 15.7. The Morgan fingerprint density at radius 3 is 2.96 bits per heavy atom. The minimum absolute atomic E-state index is 0.189. The van der Waals surface area contributed by atoms with Gasteiger partial charge in [-0.3, -0.25) is 14.7 Å². The van der Waals surface area contributed by atoms with Crippen LogP contribution in [0, 0.1) is 5.41 Å². The largest absolute Gasteiger partial charge is 0.310 e. The molecule has 0 aliphatic carbocycles. The lowest BCUT2D eigenvalue weighted by atomic mass is 9.78. The van der Waals surface area contributed by atoms with E-state index in [1.54, 1.807) is 23.7 Å². The lowest BCUT2D eigenvalue weighted by molar-refractivity contribution is -0.128. The van der Waals surface area contributed by atoms with E-state index in [4.69, 9.17) is 0 Å². The van der Waals surface area contributed by atoms with Gasteiger partial charge in [-0.1, -0.05) is 6.07 Å². The first-order chi connectivity index (χ1) is 11.3. The fourth-order valence-corrected chi connectivity index (χ4v) is 4.69. The van der Waals surface area contributed by atoms with Crippen molar-refractivity contribution in [2.45, 2.75) is 25.8 Å². The molecule has 1 atom stereocenters. The number of pyridine rings is 1. The summed E-state index contributed by atoms with van der Waals surface area (Å²) in [6.07, 6.45) is 6.63. The van der Waals surface area contributed by atoms with E-state index in [1.165, 1.54) is 4.88 Å². The summed E-state index contributed by atoms with van der Waals surface area (Å²) in [5, 5.41) is 2.12. The number of rotatable bonds is 3. The molecule has 2 saturated heterocycles. The summed E-state index contributed by atoms with van der Waals surface area (Å²) >= 11 is 1.80. The fraction of sp³-hybridized carbons (Fsp3) is 0.444. The number of thiophene rings is 1. The molecule has 4 heterocycles. The molecule has 2 aliphatic rings. The van der Waals surface area contributed by atoms with E-state index in [-0.39, 0.29) is 5.41 Å². The number of anilines is 1. The van der Waals surface area contributed by atoms with Crippen LogP contribution < -0.4 is 4.90 Å². The van der Waals surface area contributed by atoms with Crippen LogP contribution in [-0.2, 0) is 11.3 Å². The van der Waals surface area contributed by atoms with E-state index in [1.807, 2.05) is 17.0 Å². The molecule has 0 N–H and O–H groups in total. The van der Waals surface area contributed by atoms with Crippen molar-refractivity contribution in [3.8, 4) is 0 Å². The van der Waals surface area contributed by atoms with Crippen LogP contribution in [0.25, 0.3) is 0 Å². The van der Waals surface area contributed by atoms with Crippen LogP contribution in [0.4, 0.5) is 5.69 Å². The van der Waals surface area contributed by atoms with Gasteiger partial charge >= 0.3 is 0 Å². The van der Waals surface area contributed by atoms with E-state index in [9.17, 15) is 4.79 Å². The molecule has 0 radical (unpaired) electrons. The summed E-state index contributed by atoms with van der Waals surface area (Å²) in [5.74, 6) is 0.293. The molecular formula is C18H21N3OS. The number of hydrogen-bond donors (Lipinski definition) is 0. The van der Waals surface area contributed by atoms with Gasteiger partial charge in [0.2, 0.25) is 5.91 Å². The summed E-state index contributed by atoms with van der Waals surface area (Å²) in [6, 6.07) is 8.17. The monoisotopic (exact) mass is 327 g/mol. The first-order valence-corrected chi connectivity index (χ1v) is 9.12. The highest BCUT2D eigenvalue weighted by Gasteiger charge is 2.49. The van der Waals surface area contributed by atoms with Crippen LogP contribution in [-0.4, -0.2) is 35.4 Å². The van der Waals surface area contributed by atoms with E-state index in [2.05, 4.69) is 27.4 Å². The topological polar surface area (TPSA) is 36.4 Å². The van der Waals surface area contributed by atoms with Gasteiger partial charge < -0.3 is 4.90 Å². The molecule has 1 amide bonds. The molecule has 2 aromatic rings. The molecule has 4 rings (SSSR count). The van der Waals surface area contributed by atoms with E-state index < -0.39 is 0 Å². The third-order valence-electron chi connectivity index (χ3n) is 5.09. The van der Waals surface area contributed by atoms with E-state index in [0.717, 1.165) is 51.1 Å². The number of likely N-dealkylation sites (tertiary alicyclic amines) is 1. The number of nitrogens with zero attached hydrogens (tertiary/aromatic N) is 3. The third-order valence-corrected chi connectivity index (χ3v) is 5.95. The maximum Gasteiger partial charge on any atom is 0.234 e. The summed E-state index contributed by atoms with van der Waals surface area (Å²) in [7, 11) is 0. The minimum atomic E-state index is -0.189. The second-order valence-corrected chi connectivity index (χ2v) is 7.62. The standard InChI is InChI=1S/C18H21N3OS/c22-17-18(7-10-21(17)15-4-1-8-19-12-15)6-3-9-20(14-18)13-16-5-2-11-23-16/h1-2,4-5,8,11-12H,3,6-7,9-10,13-14H2. The van der Waals surface area contributed by atoms with Crippen molar-refractivity contribution in [1.82, 2.24) is 9.88 Å². The zero-order valence-corrected chi connectivity index (χ0v) is 14.0. The molecule has 120 valence electrons. The summed E-state index contributed by atoms with van der Waals surface area (Å²) < 4.78 is 0. The molecule has 0 saturated carbocycles. The normalized spacial score (nSPS) is 25.4. The molecule has 1 spiro atoms.